The maximum Gasteiger partial charge on any atom is 0.238 e. The topological polar surface area (TPSA) is 72.2 Å². The van der Waals surface area contributed by atoms with Crippen molar-refractivity contribution in [2.75, 3.05) is 4.72 Å². The van der Waals surface area contributed by atoms with E-state index in [9.17, 15) is 8.42 Å². The van der Waals surface area contributed by atoms with E-state index in [-0.39, 0.29) is 4.90 Å². The molecule has 1 aromatic rings. The van der Waals surface area contributed by atoms with E-state index in [0.29, 0.717) is 0 Å². The smallest absolute Gasteiger partial charge is 0.238 e. The Balaban J connectivity index is 2.54. The highest BCUT2D eigenvalue weighted by molar-refractivity contribution is 8.00. The number of anilines is 1. The average molecular weight is 216 g/mol. The number of hydrogen-bond acceptors (Lipinski definition) is 4. The van der Waals surface area contributed by atoms with Crippen LogP contribution in [0.25, 0.3) is 0 Å². The number of fused-ring (bicyclic) bond motifs is 1. The second-order valence-corrected chi connectivity index (χ2v) is 5.10. The molecule has 1 aliphatic rings. The summed E-state index contributed by atoms with van der Waals surface area (Å²) in [6.45, 7) is 0. The Hall–Kier alpha value is -0.720. The second kappa shape index (κ2) is 2.90. The summed E-state index contributed by atoms with van der Waals surface area (Å²) in [5.74, 6) is 0.776. The van der Waals surface area contributed by atoms with E-state index in [1.807, 2.05) is 0 Å². The zero-order chi connectivity index (χ0) is 9.47. The molecule has 0 atom stereocenters. The number of sulfonamides is 1. The quantitative estimate of drug-likeness (QED) is 0.684. The Morgan fingerprint density at radius 1 is 1.46 bits per heavy atom. The van der Waals surface area contributed by atoms with Crippen molar-refractivity contribution in [2.45, 2.75) is 10.6 Å². The molecule has 0 fully saturated rings. The van der Waals surface area contributed by atoms with Crippen LogP contribution in [-0.4, -0.2) is 8.42 Å². The lowest BCUT2D eigenvalue weighted by Gasteiger charge is -2.00. The molecule has 1 heterocycles. The minimum atomic E-state index is -3.56. The molecule has 0 saturated carbocycles. The molecule has 0 aliphatic carbocycles. The lowest BCUT2D eigenvalue weighted by Crippen LogP contribution is -2.12. The van der Waals surface area contributed by atoms with Crippen molar-refractivity contribution in [3.63, 3.8) is 0 Å². The maximum atomic E-state index is 11.0. The molecule has 13 heavy (non-hydrogen) atoms. The van der Waals surface area contributed by atoms with Crippen LogP contribution in [0.5, 0.6) is 0 Å². The van der Waals surface area contributed by atoms with E-state index in [1.165, 1.54) is 18.0 Å². The number of benzene rings is 1. The summed E-state index contributed by atoms with van der Waals surface area (Å²) in [6.07, 6.45) is 0. The Morgan fingerprint density at radius 2 is 2.23 bits per heavy atom. The highest BCUT2D eigenvalue weighted by Crippen LogP contribution is 2.31. The molecule has 0 spiro atoms. The normalized spacial score (nSPS) is 15.2. The van der Waals surface area contributed by atoms with Crippen molar-refractivity contribution in [3.05, 3.63) is 23.8 Å². The molecule has 6 heteroatoms. The summed E-state index contributed by atoms with van der Waals surface area (Å²) in [4.78, 5) is 0.176. The van der Waals surface area contributed by atoms with E-state index in [1.54, 1.807) is 12.1 Å². The SMILES string of the molecule is NS(=O)(=O)c1ccc2c(c1)CSN2. The van der Waals surface area contributed by atoms with Gasteiger partial charge in [0.15, 0.2) is 0 Å². The van der Waals surface area contributed by atoms with Gasteiger partial charge in [0.05, 0.1) is 4.90 Å². The molecule has 0 amide bonds. The number of rotatable bonds is 1. The van der Waals surface area contributed by atoms with Gasteiger partial charge < -0.3 is 4.72 Å². The van der Waals surface area contributed by atoms with Gasteiger partial charge in [0, 0.05) is 11.4 Å². The Kier molecular flexibility index (Phi) is 1.98. The number of hydrogen-bond donors (Lipinski definition) is 2. The fourth-order valence-electron chi connectivity index (χ4n) is 1.16. The van der Waals surface area contributed by atoms with Crippen molar-refractivity contribution in [3.8, 4) is 0 Å². The molecule has 0 radical (unpaired) electrons. The van der Waals surface area contributed by atoms with Gasteiger partial charge in [-0.2, -0.15) is 0 Å². The lowest BCUT2D eigenvalue weighted by atomic mass is 10.2. The van der Waals surface area contributed by atoms with Gasteiger partial charge in [0.25, 0.3) is 0 Å². The third kappa shape index (κ3) is 1.65. The first-order chi connectivity index (χ1) is 6.07. The minimum Gasteiger partial charge on any atom is -0.329 e. The first-order valence-electron chi connectivity index (χ1n) is 3.61. The van der Waals surface area contributed by atoms with Crippen LogP contribution in [0.4, 0.5) is 5.69 Å². The van der Waals surface area contributed by atoms with E-state index < -0.39 is 10.0 Å². The van der Waals surface area contributed by atoms with Gasteiger partial charge in [-0.15, -0.1) is 0 Å². The minimum absolute atomic E-state index is 0.176. The van der Waals surface area contributed by atoms with Gasteiger partial charge in [0.1, 0.15) is 0 Å². The summed E-state index contributed by atoms with van der Waals surface area (Å²) >= 11 is 1.54. The van der Waals surface area contributed by atoms with Crippen LogP contribution < -0.4 is 9.86 Å². The highest BCUT2D eigenvalue weighted by Gasteiger charge is 2.14. The molecule has 0 bridgehead atoms. The molecule has 0 unspecified atom stereocenters. The zero-order valence-corrected chi connectivity index (χ0v) is 8.28. The van der Waals surface area contributed by atoms with E-state index in [0.717, 1.165) is 17.0 Å². The maximum absolute atomic E-state index is 11.0. The van der Waals surface area contributed by atoms with Gasteiger partial charge in [0.2, 0.25) is 10.0 Å². The van der Waals surface area contributed by atoms with Crippen molar-refractivity contribution in [1.29, 1.82) is 0 Å². The van der Waals surface area contributed by atoms with Crippen molar-refractivity contribution in [2.24, 2.45) is 5.14 Å². The van der Waals surface area contributed by atoms with Crippen LogP contribution in [0.3, 0.4) is 0 Å². The monoisotopic (exact) mass is 216 g/mol. The van der Waals surface area contributed by atoms with Crippen molar-refractivity contribution in [1.82, 2.24) is 0 Å². The third-order valence-electron chi connectivity index (χ3n) is 1.82. The lowest BCUT2D eigenvalue weighted by molar-refractivity contribution is 0.597. The molecule has 4 nitrogen and oxygen atoms in total. The van der Waals surface area contributed by atoms with E-state index >= 15 is 0 Å². The van der Waals surface area contributed by atoms with E-state index in [4.69, 9.17) is 5.14 Å². The van der Waals surface area contributed by atoms with Crippen LogP contribution >= 0.6 is 11.9 Å². The predicted molar refractivity (Wildman–Crippen MR) is 52.7 cm³/mol. The zero-order valence-electron chi connectivity index (χ0n) is 6.65. The predicted octanol–water partition coefficient (Wildman–Crippen LogP) is 0.908. The van der Waals surface area contributed by atoms with Crippen LogP contribution in [0, 0.1) is 0 Å². The first kappa shape index (κ1) is 8.86. The van der Waals surface area contributed by atoms with Crippen LogP contribution in [-0.2, 0) is 15.8 Å². The molecule has 70 valence electrons. The fraction of sp³-hybridized carbons (Fsp3) is 0.143. The third-order valence-corrected chi connectivity index (χ3v) is 3.55. The van der Waals surface area contributed by atoms with Crippen LogP contribution in [0.1, 0.15) is 5.56 Å². The van der Waals surface area contributed by atoms with Gasteiger partial charge in [-0.1, -0.05) is 0 Å². The first-order valence-corrected chi connectivity index (χ1v) is 6.14. The molecule has 1 aliphatic heterocycles. The van der Waals surface area contributed by atoms with Crippen LogP contribution in [0.2, 0.25) is 0 Å². The molecule has 1 aromatic carbocycles. The number of nitrogens with one attached hydrogen (secondary N) is 1. The fourth-order valence-corrected chi connectivity index (χ4v) is 2.54. The molecule has 0 aromatic heterocycles. The summed E-state index contributed by atoms with van der Waals surface area (Å²) in [7, 11) is -3.56. The summed E-state index contributed by atoms with van der Waals surface area (Å²) in [5, 5.41) is 5.00. The average Bonchev–Trinajstić information content (AvgIpc) is 2.47. The number of nitrogens with two attached hydrogens (primary N) is 1. The largest absolute Gasteiger partial charge is 0.329 e. The second-order valence-electron chi connectivity index (χ2n) is 2.75. The van der Waals surface area contributed by atoms with Gasteiger partial charge in [-0.3, -0.25) is 0 Å². The van der Waals surface area contributed by atoms with Gasteiger partial charge >= 0.3 is 0 Å². The summed E-state index contributed by atoms with van der Waals surface area (Å²) < 4.78 is 25.0. The molecule has 2 rings (SSSR count). The van der Waals surface area contributed by atoms with E-state index in [2.05, 4.69) is 4.72 Å². The standard InChI is InChI=1S/C7H8N2O2S2/c8-13(10,11)6-1-2-7-5(3-6)4-12-9-7/h1-3,9H,4H2,(H2,8,10,11). The molecular formula is C7H8N2O2S2. The summed E-state index contributed by atoms with van der Waals surface area (Å²) in [5.41, 5.74) is 1.95. The molecule has 0 saturated heterocycles. The highest BCUT2D eigenvalue weighted by atomic mass is 32.2. The Morgan fingerprint density at radius 3 is 2.92 bits per heavy atom. The van der Waals surface area contributed by atoms with Gasteiger partial charge in [-0.05, 0) is 35.7 Å². The van der Waals surface area contributed by atoms with Gasteiger partial charge in [-0.25, -0.2) is 13.6 Å². The number of primary sulfonamides is 1. The van der Waals surface area contributed by atoms with Crippen LogP contribution in [0.15, 0.2) is 23.1 Å². The summed E-state index contributed by atoms with van der Waals surface area (Å²) in [6, 6.07) is 4.85. The van der Waals surface area contributed by atoms with Crippen molar-refractivity contribution < 1.29 is 8.42 Å². The van der Waals surface area contributed by atoms with Crippen molar-refractivity contribution >= 4 is 27.7 Å². The Bertz CT molecular complexity index is 442. The Labute approximate surface area is 80.7 Å². The molecule has 3 N–H and O–H groups in total. The molecular weight excluding hydrogens is 208 g/mol.